The summed E-state index contributed by atoms with van der Waals surface area (Å²) in [6.45, 7) is 2.01. The molecule has 0 fully saturated rings. The lowest BCUT2D eigenvalue weighted by atomic mass is 10.1. The molecule has 5 nitrogen and oxygen atoms in total. The molecule has 0 aliphatic heterocycles. The highest BCUT2D eigenvalue weighted by Gasteiger charge is 2.11. The largest absolute Gasteiger partial charge is 0.350 e. The second-order valence-electron chi connectivity index (χ2n) is 5.92. The number of hydrogen-bond donors (Lipinski definition) is 2. The van der Waals surface area contributed by atoms with Crippen molar-refractivity contribution >= 4 is 29.0 Å². The van der Waals surface area contributed by atoms with E-state index in [-0.39, 0.29) is 17.4 Å². The standard InChI is InChI=1S/C20H18ClFN4O/c1-13-24-18(12-19(25-13)26-16-7-4-6-15(21)11-16)20(27)23-10-9-14-5-2-3-8-17(14)22/h2-8,11-12H,9-10H2,1H3,(H,23,27)(H,24,25,26). The molecule has 0 atom stereocenters. The highest BCUT2D eigenvalue weighted by atomic mass is 35.5. The van der Waals surface area contributed by atoms with Gasteiger partial charge in [0, 0.05) is 23.3 Å². The minimum absolute atomic E-state index is 0.237. The number of halogens is 2. The van der Waals surface area contributed by atoms with E-state index in [4.69, 9.17) is 11.6 Å². The van der Waals surface area contributed by atoms with Crippen LogP contribution in [-0.4, -0.2) is 22.4 Å². The minimum atomic E-state index is -0.342. The molecule has 0 bridgehead atoms. The Morgan fingerprint density at radius 2 is 1.93 bits per heavy atom. The molecule has 0 aliphatic carbocycles. The molecular formula is C20H18ClFN4O. The molecule has 0 unspecified atom stereocenters. The normalized spacial score (nSPS) is 10.5. The maximum atomic E-state index is 13.6. The van der Waals surface area contributed by atoms with Gasteiger partial charge in [-0.05, 0) is 43.2 Å². The molecule has 3 rings (SSSR count). The molecule has 27 heavy (non-hydrogen) atoms. The Kier molecular flexibility index (Phi) is 5.98. The second-order valence-corrected chi connectivity index (χ2v) is 6.35. The molecule has 0 radical (unpaired) electrons. The number of rotatable bonds is 6. The Hall–Kier alpha value is -2.99. The van der Waals surface area contributed by atoms with Crippen molar-refractivity contribution in [3.63, 3.8) is 0 Å². The summed E-state index contributed by atoms with van der Waals surface area (Å²) >= 11 is 5.98. The SMILES string of the molecule is Cc1nc(Nc2cccc(Cl)c2)cc(C(=O)NCCc2ccccc2F)n1. The molecule has 2 N–H and O–H groups in total. The fourth-order valence-corrected chi connectivity index (χ4v) is 2.75. The van der Waals surface area contributed by atoms with Gasteiger partial charge < -0.3 is 10.6 Å². The lowest BCUT2D eigenvalue weighted by molar-refractivity contribution is 0.0948. The number of carbonyl (C=O) groups excluding carboxylic acids is 1. The van der Waals surface area contributed by atoms with Crippen LogP contribution in [0.1, 0.15) is 21.9 Å². The Morgan fingerprint density at radius 3 is 2.70 bits per heavy atom. The lowest BCUT2D eigenvalue weighted by Crippen LogP contribution is -2.27. The van der Waals surface area contributed by atoms with E-state index in [0.29, 0.717) is 35.2 Å². The van der Waals surface area contributed by atoms with E-state index in [1.54, 1.807) is 43.3 Å². The second kappa shape index (κ2) is 8.60. The molecule has 1 heterocycles. The van der Waals surface area contributed by atoms with E-state index in [0.717, 1.165) is 5.69 Å². The van der Waals surface area contributed by atoms with Gasteiger partial charge in [-0.15, -0.1) is 0 Å². The average Bonchev–Trinajstić information content (AvgIpc) is 2.63. The highest BCUT2D eigenvalue weighted by molar-refractivity contribution is 6.30. The van der Waals surface area contributed by atoms with Gasteiger partial charge in [-0.2, -0.15) is 0 Å². The van der Waals surface area contributed by atoms with Crippen LogP contribution in [0.25, 0.3) is 0 Å². The first-order chi connectivity index (χ1) is 13.0. The summed E-state index contributed by atoms with van der Waals surface area (Å²) in [5, 5.41) is 6.46. The predicted molar refractivity (Wildman–Crippen MR) is 104 cm³/mol. The summed E-state index contributed by atoms with van der Waals surface area (Å²) < 4.78 is 13.6. The van der Waals surface area contributed by atoms with Crippen LogP contribution < -0.4 is 10.6 Å². The summed E-state index contributed by atoms with van der Waals surface area (Å²) in [7, 11) is 0. The van der Waals surface area contributed by atoms with Crippen LogP contribution in [0.4, 0.5) is 15.9 Å². The molecule has 138 valence electrons. The summed E-state index contributed by atoms with van der Waals surface area (Å²) in [6, 6.07) is 15.2. The van der Waals surface area contributed by atoms with Crippen molar-refractivity contribution in [2.75, 3.05) is 11.9 Å². The summed E-state index contributed by atoms with van der Waals surface area (Å²) in [6.07, 6.45) is 0.399. The van der Waals surface area contributed by atoms with Crippen LogP contribution in [0.3, 0.4) is 0 Å². The molecule has 0 saturated heterocycles. The summed E-state index contributed by atoms with van der Waals surface area (Å²) in [5.41, 5.74) is 1.55. The van der Waals surface area contributed by atoms with Crippen LogP contribution in [0.15, 0.2) is 54.6 Å². The number of nitrogens with one attached hydrogen (secondary N) is 2. The molecule has 0 aliphatic rings. The van der Waals surface area contributed by atoms with E-state index in [2.05, 4.69) is 20.6 Å². The van der Waals surface area contributed by atoms with E-state index in [1.807, 2.05) is 12.1 Å². The van der Waals surface area contributed by atoms with Crippen molar-refractivity contribution in [1.29, 1.82) is 0 Å². The van der Waals surface area contributed by atoms with Gasteiger partial charge in [0.1, 0.15) is 23.2 Å². The molecule has 1 aromatic heterocycles. The first-order valence-electron chi connectivity index (χ1n) is 8.41. The number of aryl methyl sites for hydroxylation is 1. The first-order valence-corrected chi connectivity index (χ1v) is 8.79. The predicted octanol–water partition coefficient (Wildman–Crippen LogP) is 4.29. The van der Waals surface area contributed by atoms with Crippen molar-refractivity contribution in [2.45, 2.75) is 13.3 Å². The van der Waals surface area contributed by atoms with Crippen LogP contribution in [0.2, 0.25) is 5.02 Å². The molecule has 1 amide bonds. The first kappa shape index (κ1) is 18.8. The van der Waals surface area contributed by atoms with Crippen molar-refractivity contribution in [2.24, 2.45) is 0 Å². The topological polar surface area (TPSA) is 66.9 Å². The maximum Gasteiger partial charge on any atom is 0.270 e. The quantitative estimate of drug-likeness (QED) is 0.665. The number of anilines is 2. The molecule has 2 aromatic carbocycles. The van der Waals surface area contributed by atoms with Crippen molar-refractivity contribution < 1.29 is 9.18 Å². The van der Waals surface area contributed by atoms with Gasteiger partial charge in [-0.3, -0.25) is 4.79 Å². The number of aromatic nitrogens is 2. The molecule has 3 aromatic rings. The Morgan fingerprint density at radius 1 is 1.11 bits per heavy atom. The van der Waals surface area contributed by atoms with E-state index in [1.165, 1.54) is 6.07 Å². The maximum absolute atomic E-state index is 13.6. The van der Waals surface area contributed by atoms with E-state index < -0.39 is 0 Å². The van der Waals surface area contributed by atoms with Crippen LogP contribution in [0, 0.1) is 12.7 Å². The van der Waals surface area contributed by atoms with Gasteiger partial charge in [0.05, 0.1) is 0 Å². The summed E-state index contributed by atoms with van der Waals surface area (Å²) in [4.78, 5) is 20.8. The van der Waals surface area contributed by atoms with Crippen molar-refractivity contribution in [1.82, 2.24) is 15.3 Å². The molecule has 7 heteroatoms. The van der Waals surface area contributed by atoms with Gasteiger partial charge in [-0.25, -0.2) is 14.4 Å². The fraction of sp³-hybridized carbons (Fsp3) is 0.150. The zero-order valence-corrected chi connectivity index (χ0v) is 15.4. The number of benzene rings is 2. The molecular weight excluding hydrogens is 367 g/mol. The average molecular weight is 385 g/mol. The van der Waals surface area contributed by atoms with Gasteiger partial charge in [0.15, 0.2) is 0 Å². The fourth-order valence-electron chi connectivity index (χ4n) is 2.56. The zero-order chi connectivity index (χ0) is 19.2. The van der Waals surface area contributed by atoms with Crippen molar-refractivity contribution in [3.8, 4) is 0 Å². The summed E-state index contributed by atoms with van der Waals surface area (Å²) in [5.74, 6) is 0.328. The van der Waals surface area contributed by atoms with Crippen LogP contribution >= 0.6 is 11.6 Å². The van der Waals surface area contributed by atoms with Crippen LogP contribution in [-0.2, 0) is 6.42 Å². The lowest BCUT2D eigenvalue weighted by Gasteiger charge is -2.10. The van der Waals surface area contributed by atoms with Crippen molar-refractivity contribution in [3.05, 3.63) is 82.5 Å². The van der Waals surface area contributed by atoms with Gasteiger partial charge in [-0.1, -0.05) is 35.9 Å². The monoisotopic (exact) mass is 384 g/mol. The number of hydrogen-bond acceptors (Lipinski definition) is 4. The Balaban J connectivity index is 1.66. The van der Waals surface area contributed by atoms with Gasteiger partial charge >= 0.3 is 0 Å². The zero-order valence-electron chi connectivity index (χ0n) is 14.7. The third-order valence-electron chi connectivity index (χ3n) is 3.81. The third kappa shape index (κ3) is 5.24. The van der Waals surface area contributed by atoms with E-state index >= 15 is 0 Å². The third-order valence-corrected chi connectivity index (χ3v) is 4.04. The van der Waals surface area contributed by atoms with Gasteiger partial charge in [0.2, 0.25) is 0 Å². The number of amides is 1. The van der Waals surface area contributed by atoms with Crippen LogP contribution in [0.5, 0.6) is 0 Å². The Labute approximate surface area is 161 Å². The molecule has 0 spiro atoms. The number of carbonyl (C=O) groups is 1. The number of nitrogens with zero attached hydrogens (tertiary/aromatic N) is 2. The van der Waals surface area contributed by atoms with E-state index in [9.17, 15) is 9.18 Å². The highest BCUT2D eigenvalue weighted by Crippen LogP contribution is 2.19. The molecule has 0 saturated carbocycles. The Bertz CT molecular complexity index is 964. The smallest absolute Gasteiger partial charge is 0.270 e. The minimum Gasteiger partial charge on any atom is -0.350 e. The van der Waals surface area contributed by atoms with Gasteiger partial charge in [0.25, 0.3) is 5.91 Å².